The summed E-state index contributed by atoms with van der Waals surface area (Å²) in [5.41, 5.74) is 0.955. The highest BCUT2D eigenvalue weighted by atomic mass is 35.5. The summed E-state index contributed by atoms with van der Waals surface area (Å²) in [6, 6.07) is 7.43. The van der Waals surface area contributed by atoms with Gasteiger partial charge in [-0.15, -0.1) is 0 Å². The Morgan fingerprint density at radius 3 is 2.83 bits per heavy atom. The van der Waals surface area contributed by atoms with E-state index in [4.69, 9.17) is 20.9 Å². The fourth-order valence-corrected chi connectivity index (χ4v) is 1.53. The third kappa shape index (κ3) is 3.72. The van der Waals surface area contributed by atoms with E-state index in [-0.39, 0.29) is 0 Å². The number of benzene rings is 1. The SMILES string of the molecule is COCCc1noc(CNc2ccc(Cl)cc2)n1. The predicted octanol–water partition coefficient (Wildman–Crippen LogP) is 2.52. The minimum atomic E-state index is 0.488. The van der Waals surface area contributed by atoms with Crippen molar-refractivity contribution in [1.82, 2.24) is 10.1 Å². The molecule has 96 valence electrons. The second kappa shape index (κ2) is 6.37. The normalized spacial score (nSPS) is 10.6. The highest BCUT2D eigenvalue weighted by molar-refractivity contribution is 6.30. The van der Waals surface area contributed by atoms with Crippen molar-refractivity contribution in [3.63, 3.8) is 0 Å². The van der Waals surface area contributed by atoms with Crippen molar-refractivity contribution < 1.29 is 9.26 Å². The molecule has 2 aromatic rings. The van der Waals surface area contributed by atoms with Crippen LogP contribution in [0.4, 0.5) is 5.69 Å². The number of nitrogens with zero attached hydrogens (tertiary/aromatic N) is 2. The number of rotatable bonds is 6. The lowest BCUT2D eigenvalue weighted by atomic mass is 10.3. The lowest BCUT2D eigenvalue weighted by Crippen LogP contribution is -2.00. The third-order valence-electron chi connectivity index (χ3n) is 2.33. The zero-order chi connectivity index (χ0) is 12.8. The molecule has 0 bridgehead atoms. The summed E-state index contributed by atoms with van der Waals surface area (Å²) >= 11 is 5.80. The summed E-state index contributed by atoms with van der Waals surface area (Å²) in [6.45, 7) is 1.07. The fraction of sp³-hybridized carbons (Fsp3) is 0.333. The molecule has 0 saturated carbocycles. The predicted molar refractivity (Wildman–Crippen MR) is 68.7 cm³/mol. The minimum Gasteiger partial charge on any atom is -0.384 e. The second-order valence-corrected chi connectivity index (χ2v) is 4.14. The Hall–Kier alpha value is -1.59. The van der Waals surface area contributed by atoms with Crippen molar-refractivity contribution in [2.24, 2.45) is 0 Å². The van der Waals surface area contributed by atoms with E-state index in [2.05, 4.69) is 15.5 Å². The Morgan fingerprint density at radius 1 is 1.33 bits per heavy atom. The Kier molecular flexibility index (Phi) is 4.55. The minimum absolute atomic E-state index is 0.488. The van der Waals surface area contributed by atoms with Crippen LogP contribution in [0.25, 0.3) is 0 Å². The maximum absolute atomic E-state index is 5.80. The van der Waals surface area contributed by atoms with Crippen LogP contribution in [0.2, 0.25) is 5.02 Å². The van der Waals surface area contributed by atoms with E-state index in [0.29, 0.717) is 36.3 Å². The summed E-state index contributed by atoms with van der Waals surface area (Å²) in [5, 5.41) is 7.73. The zero-order valence-corrected chi connectivity index (χ0v) is 10.8. The number of hydrogen-bond acceptors (Lipinski definition) is 5. The molecule has 0 saturated heterocycles. The van der Waals surface area contributed by atoms with Crippen LogP contribution in [0.3, 0.4) is 0 Å². The van der Waals surface area contributed by atoms with Gasteiger partial charge in [0.05, 0.1) is 13.2 Å². The van der Waals surface area contributed by atoms with Gasteiger partial charge in [0.1, 0.15) is 0 Å². The van der Waals surface area contributed by atoms with E-state index in [1.807, 2.05) is 24.3 Å². The quantitative estimate of drug-likeness (QED) is 0.871. The summed E-state index contributed by atoms with van der Waals surface area (Å²) in [4.78, 5) is 4.23. The van der Waals surface area contributed by atoms with Crippen LogP contribution in [0.15, 0.2) is 28.8 Å². The van der Waals surface area contributed by atoms with Crippen molar-refractivity contribution in [2.45, 2.75) is 13.0 Å². The third-order valence-corrected chi connectivity index (χ3v) is 2.58. The number of anilines is 1. The Labute approximate surface area is 110 Å². The number of halogens is 1. The van der Waals surface area contributed by atoms with Gasteiger partial charge in [0.2, 0.25) is 5.89 Å². The van der Waals surface area contributed by atoms with Gasteiger partial charge in [0.25, 0.3) is 0 Å². The molecular weight excluding hydrogens is 254 g/mol. The van der Waals surface area contributed by atoms with Gasteiger partial charge in [-0.05, 0) is 24.3 Å². The molecule has 0 fully saturated rings. The van der Waals surface area contributed by atoms with Gasteiger partial charge >= 0.3 is 0 Å². The van der Waals surface area contributed by atoms with E-state index < -0.39 is 0 Å². The van der Waals surface area contributed by atoms with Gasteiger partial charge in [0.15, 0.2) is 5.82 Å². The molecule has 0 aliphatic heterocycles. The molecule has 0 amide bonds. The van der Waals surface area contributed by atoms with Gasteiger partial charge in [-0.2, -0.15) is 4.98 Å². The van der Waals surface area contributed by atoms with E-state index in [1.54, 1.807) is 7.11 Å². The van der Waals surface area contributed by atoms with Gasteiger partial charge in [-0.1, -0.05) is 16.8 Å². The molecule has 1 heterocycles. The van der Waals surface area contributed by atoms with Crippen LogP contribution < -0.4 is 5.32 Å². The Morgan fingerprint density at radius 2 is 2.11 bits per heavy atom. The second-order valence-electron chi connectivity index (χ2n) is 3.71. The van der Waals surface area contributed by atoms with Crippen LogP contribution in [-0.2, 0) is 17.7 Å². The van der Waals surface area contributed by atoms with Crippen LogP contribution >= 0.6 is 11.6 Å². The zero-order valence-electron chi connectivity index (χ0n) is 10.0. The lowest BCUT2D eigenvalue weighted by molar-refractivity contribution is 0.199. The Bertz CT molecular complexity index is 484. The van der Waals surface area contributed by atoms with Crippen LogP contribution in [-0.4, -0.2) is 23.9 Å². The van der Waals surface area contributed by atoms with Crippen LogP contribution in [0.5, 0.6) is 0 Å². The first-order valence-electron chi connectivity index (χ1n) is 5.58. The molecule has 0 atom stereocenters. The Balaban J connectivity index is 1.86. The molecule has 0 aliphatic carbocycles. The van der Waals surface area contributed by atoms with Crippen molar-refractivity contribution >= 4 is 17.3 Å². The topological polar surface area (TPSA) is 60.2 Å². The van der Waals surface area contributed by atoms with Crippen molar-refractivity contribution in [3.8, 4) is 0 Å². The van der Waals surface area contributed by atoms with E-state index >= 15 is 0 Å². The molecule has 5 nitrogen and oxygen atoms in total. The maximum atomic E-state index is 5.80. The fourth-order valence-electron chi connectivity index (χ4n) is 1.40. The first kappa shape index (κ1) is 12.9. The van der Waals surface area contributed by atoms with Crippen molar-refractivity contribution in [3.05, 3.63) is 41.0 Å². The molecular formula is C12H14ClN3O2. The van der Waals surface area contributed by atoms with Crippen LogP contribution in [0, 0.1) is 0 Å². The average Bonchev–Trinajstić information content (AvgIpc) is 2.84. The smallest absolute Gasteiger partial charge is 0.245 e. The monoisotopic (exact) mass is 267 g/mol. The van der Waals surface area contributed by atoms with E-state index in [1.165, 1.54) is 0 Å². The van der Waals surface area contributed by atoms with Gasteiger partial charge in [0, 0.05) is 24.2 Å². The van der Waals surface area contributed by atoms with Crippen molar-refractivity contribution in [2.75, 3.05) is 19.0 Å². The van der Waals surface area contributed by atoms with E-state index in [9.17, 15) is 0 Å². The van der Waals surface area contributed by atoms with Crippen LogP contribution in [0.1, 0.15) is 11.7 Å². The molecule has 1 aromatic carbocycles. The lowest BCUT2D eigenvalue weighted by Gasteiger charge is -2.02. The number of methoxy groups -OCH3 is 1. The first-order valence-corrected chi connectivity index (χ1v) is 5.95. The van der Waals surface area contributed by atoms with Crippen molar-refractivity contribution in [1.29, 1.82) is 0 Å². The molecule has 6 heteroatoms. The van der Waals surface area contributed by atoms with Gasteiger partial charge in [-0.3, -0.25) is 0 Å². The standard InChI is InChI=1S/C12H14ClN3O2/c1-17-7-6-11-15-12(18-16-11)8-14-10-4-2-9(13)3-5-10/h2-5,14H,6-8H2,1H3. The van der Waals surface area contributed by atoms with Gasteiger partial charge < -0.3 is 14.6 Å². The first-order chi connectivity index (χ1) is 8.78. The molecule has 0 spiro atoms. The number of ether oxygens (including phenoxy) is 1. The molecule has 0 aliphatic rings. The summed E-state index contributed by atoms with van der Waals surface area (Å²) in [6.07, 6.45) is 0.654. The maximum Gasteiger partial charge on any atom is 0.245 e. The number of nitrogens with one attached hydrogen (secondary N) is 1. The highest BCUT2D eigenvalue weighted by Gasteiger charge is 2.05. The number of hydrogen-bond donors (Lipinski definition) is 1. The average molecular weight is 268 g/mol. The summed E-state index contributed by atoms with van der Waals surface area (Å²) < 4.78 is 10.0. The molecule has 1 aromatic heterocycles. The molecule has 0 unspecified atom stereocenters. The molecule has 2 rings (SSSR count). The summed E-state index contributed by atoms with van der Waals surface area (Å²) in [7, 11) is 1.64. The van der Waals surface area contributed by atoms with Gasteiger partial charge in [-0.25, -0.2) is 0 Å². The largest absolute Gasteiger partial charge is 0.384 e. The highest BCUT2D eigenvalue weighted by Crippen LogP contribution is 2.14. The number of aromatic nitrogens is 2. The van der Waals surface area contributed by atoms with E-state index in [0.717, 1.165) is 5.69 Å². The molecule has 18 heavy (non-hydrogen) atoms. The summed E-state index contributed by atoms with van der Waals surface area (Å²) in [5.74, 6) is 1.21. The molecule has 1 N–H and O–H groups in total. The molecule has 0 radical (unpaired) electrons.